The van der Waals surface area contributed by atoms with Crippen LogP contribution in [0.3, 0.4) is 0 Å². The number of hydrogen-bond acceptors (Lipinski definition) is 6. The van der Waals surface area contributed by atoms with Gasteiger partial charge in [0.25, 0.3) is 0 Å². The minimum atomic E-state index is -3.69. The van der Waals surface area contributed by atoms with Gasteiger partial charge in [-0.15, -0.1) is 0 Å². The van der Waals surface area contributed by atoms with Gasteiger partial charge < -0.3 is 9.15 Å². The van der Waals surface area contributed by atoms with E-state index in [1.807, 2.05) is 0 Å². The molecule has 0 fully saturated rings. The predicted octanol–water partition coefficient (Wildman–Crippen LogP) is 3.36. The highest BCUT2D eigenvalue weighted by Gasteiger charge is 2.19. The van der Waals surface area contributed by atoms with Crippen LogP contribution in [0.2, 0.25) is 5.02 Å². The summed E-state index contributed by atoms with van der Waals surface area (Å²) in [5, 5.41) is 1.04. The number of fused-ring (bicyclic) bond motifs is 1. The van der Waals surface area contributed by atoms with Gasteiger partial charge in [0.1, 0.15) is 12.2 Å². The van der Waals surface area contributed by atoms with Crippen molar-refractivity contribution in [3.05, 3.63) is 74.6 Å². The number of halogens is 1. The highest BCUT2D eigenvalue weighted by Crippen LogP contribution is 2.26. The predicted molar refractivity (Wildman–Crippen MR) is 109 cm³/mol. The molecule has 3 rings (SSSR count). The van der Waals surface area contributed by atoms with Gasteiger partial charge in [-0.25, -0.2) is 22.3 Å². The first-order chi connectivity index (χ1) is 13.6. The highest BCUT2D eigenvalue weighted by atomic mass is 35.5. The van der Waals surface area contributed by atoms with E-state index in [1.165, 1.54) is 44.4 Å². The molecule has 0 atom stereocenters. The molecule has 0 aliphatic rings. The van der Waals surface area contributed by atoms with Crippen molar-refractivity contribution in [1.82, 2.24) is 4.31 Å². The van der Waals surface area contributed by atoms with Crippen LogP contribution in [0.25, 0.3) is 11.0 Å². The van der Waals surface area contributed by atoms with Crippen LogP contribution in [0.15, 0.2) is 56.6 Å². The zero-order valence-corrected chi connectivity index (χ0v) is 17.5. The average molecular weight is 436 g/mol. The number of ether oxygens (including phenoxy) is 1. The van der Waals surface area contributed by atoms with Crippen LogP contribution in [0.1, 0.15) is 21.5 Å². The van der Waals surface area contributed by atoms with Crippen molar-refractivity contribution >= 4 is 38.6 Å². The number of nitrogens with zero attached hydrogens (tertiary/aromatic N) is 1. The number of carbonyl (C=O) groups excluding carboxylic acids is 1. The van der Waals surface area contributed by atoms with Crippen molar-refractivity contribution in [3.63, 3.8) is 0 Å². The Kier molecular flexibility index (Phi) is 5.79. The van der Waals surface area contributed by atoms with Gasteiger partial charge in [0.2, 0.25) is 10.0 Å². The number of aryl methyl sites for hydroxylation is 1. The molecule has 0 saturated heterocycles. The van der Waals surface area contributed by atoms with Crippen LogP contribution in [-0.4, -0.2) is 32.8 Å². The van der Waals surface area contributed by atoms with E-state index < -0.39 is 21.6 Å². The number of benzene rings is 2. The number of carbonyl (C=O) groups is 1. The van der Waals surface area contributed by atoms with Crippen molar-refractivity contribution in [1.29, 1.82) is 0 Å². The average Bonchev–Trinajstić information content (AvgIpc) is 2.67. The molecule has 3 aromatic rings. The normalized spacial score (nSPS) is 11.8. The maximum atomic E-state index is 12.5. The first-order valence-corrected chi connectivity index (χ1v) is 10.3. The smallest absolute Gasteiger partial charge is 0.338 e. The summed E-state index contributed by atoms with van der Waals surface area (Å²) >= 11 is 6.16. The SMILES string of the molecule is Cc1cc2oc(=O)cc(COC(=O)c3cccc(S(=O)(=O)N(C)C)c3)c2cc1Cl. The second-order valence-electron chi connectivity index (χ2n) is 6.58. The molecule has 0 bridgehead atoms. The Morgan fingerprint density at radius 3 is 2.59 bits per heavy atom. The molecule has 0 aliphatic carbocycles. The van der Waals surface area contributed by atoms with Crippen molar-refractivity contribution in [3.8, 4) is 0 Å². The lowest BCUT2D eigenvalue weighted by Gasteiger charge is -2.12. The molecule has 2 aromatic carbocycles. The topological polar surface area (TPSA) is 93.9 Å². The van der Waals surface area contributed by atoms with Gasteiger partial charge in [0.15, 0.2) is 0 Å². The summed E-state index contributed by atoms with van der Waals surface area (Å²) in [6.07, 6.45) is 0. The van der Waals surface area contributed by atoms with E-state index in [0.29, 0.717) is 21.6 Å². The van der Waals surface area contributed by atoms with Gasteiger partial charge in [-0.1, -0.05) is 17.7 Å². The Labute approximate surface area is 172 Å². The van der Waals surface area contributed by atoms with Gasteiger partial charge in [-0.3, -0.25) is 0 Å². The minimum absolute atomic E-state index is 0.0231. The van der Waals surface area contributed by atoms with Gasteiger partial charge in [0.05, 0.1) is 10.5 Å². The van der Waals surface area contributed by atoms with Crippen LogP contribution in [0.4, 0.5) is 0 Å². The van der Waals surface area contributed by atoms with E-state index in [2.05, 4.69) is 0 Å². The monoisotopic (exact) mass is 435 g/mol. The molecule has 152 valence electrons. The van der Waals surface area contributed by atoms with E-state index in [1.54, 1.807) is 19.1 Å². The third-order valence-electron chi connectivity index (χ3n) is 4.32. The summed E-state index contributed by atoms with van der Waals surface area (Å²) in [6, 6.07) is 10.1. The molecular weight excluding hydrogens is 418 g/mol. The Morgan fingerprint density at radius 1 is 1.17 bits per heavy atom. The third-order valence-corrected chi connectivity index (χ3v) is 6.53. The van der Waals surface area contributed by atoms with Gasteiger partial charge in [-0.05, 0) is 42.8 Å². The number of sulfonamides is 1. The van der Waals surface area contributed by atoms with E-state index in [4.69, 9.17) is 20.8 Å². The number of rotatable bonds is 5. The van der Waals surface area contributed by atoms with Crippen molar-refractivity contribution in [2.45, 2.75) is 18.4 Å². The Balaban J connectivity index is 1.89. The molecule has 7 nitrogen and oxygen atoms in total. The Hall–Kier alpha value is -2.68. The van der Waals surface area contributed by atoms with E-state index >= 15 is 0 Å². The number of hydrogen-bond donors (Lipinski definition) is 0. The minimum Gasteiger partial charge on any atom is -0.457 e. The molecule has 0 spiro atoms. The molecule has 1 heterocycles. The summed E-state index contributed by atoms with van der Waals surface area (Å²) < 4.78 is 36.0. The third kappa shape index (κ3) is 4.34. The molecule has 1 aromatic heterocycles. The van der Waals surface area contributed by atoms with E-state index in [-0.39, 0.29) is 17.1 Å². The summed E-state index contributed by atoms with van der Waals surface area (Å²) in [7, 11) is -0.882. The summed E-state index contributed by atoms with van der Waals surface area (Å²) in [6.45, 7) is 1.58. The van der Waals surface area contributed by atoms with Crippen molar-refractivity contribution < 1.29 is 22.4 Å². The molecule has 29 heavy (non-hydrogen) atoms. The van der Waals surface area contributed by atoms with Gasteiger partial charge in [0, 0.05) is 36.1 Å². The maximum Gasteiger partial charge on any atom is 0.338 e. The van der Waals surface area contributed by atoms with E-state index in [9.17, 15) is 18.0 Å². The fourth-order valence-corrected chi connectivity index (χ4v) is 3.80. The largest absolute Gasteiger partial charge is 0.457 e. The van der Waals surface area contributed by atoms with Crippen molar-refractivity contribution in [2.75, 3.05) is 14.1 Å². The zero-order valence-electron chi connectivity index (χ0n) is 15.9. The van der Waals surface area contributed by atoms with Crippen LogP contribution in [0, 0.1) is 6.92 Å². The van der Waals surface area contributed by atoms with Crippen LogP contribution in [0.5, 0.6) is 0 Å². The van der Waals surface area contributed by atoms with Crippen LogP contribution in [-0.2, 0) is 21.4 Å². The molecule has 0 unspecified atom stereocenters. The number of esters is 1. The van der Waals surface area contributed by atoms with Gasteiger partial charge in [-0.2, -0.15) is 0 Å². The first kappa shape index (κ1) is 21.0. The standard InChI is InChI=1S/C20H18ClNO6S/c1-12-7-18-16(10-17(12)21)14(9-19(23)28-18)11-27-20(24)13-5-4-6-15(8-13)29(25,26)22(2)3/h4-10H,11H2,1-3H3. The summed E-state index contributed by atoms with van der Waals surface area (Å²) in [5.74, 6) is -0.722. The molecule has 0 amide bonds. The highest BCUT2D eigenvalue weighted by molar-refractivity contribution is 7.89. The van der Waals surface area contributed by atoms with Crippen molar-refractivity contribution in [2.24, 2.45) is 0 Å². The lowest BCUT2D eigenvalue weighted by molar-refractivity contribution is 0.0473. The molecule has 0 radical (unpaired) electrons. The lowest BCUT2D eigenvalue weighted by Crippen LogP contribution is -2.22. The summed E-state index contributed by atoms with van der Waals surface area (Å²) in [4.78, 5) is 24.3. The second kappa shape index (κ2) is 7.98. The molecule has 9 heteroatoms. The molecular formula is C20H18ClNO6S. The zero-order chi connectivity index (χ0) is 21.3. The fourth-order valence-electron chi connectivity index (χ4n) is 2.69. The van der Waals surface area contributed by atoms with Crippen LogP contribution < -0.4 is 5.63 Å². The fraction of sp³-hybridized carbons (Fsp3) is 0.200. The van der Waals surface area contributed by atoms with E-state index in [0.717, 1.165) is 9.87 Å². The molecule has 0 N–H and O–H groups in total. The summed E-state index contributed by atoms with van der Waals surface area (Å²) in [5.41, 5.74) is 1.02. The first-order valence-electron chi connectivity index (χ1n) is 8.52. The maximum absolute atomic E-state index is 12.5. The van der Waals surface area contributed by atoms with Gasteiger partial charge >= 0.3 is 11.6 Å². The van der Waals surface area contributed by atoms with Crippen LogP contribution >= 0.6 is 11.6 Å². The molecule has 0 saturated carbocycles. The lowest BCUT2D eigenvalue weighted by atomic mass is 10.1. The Morgan fingerprint density at radius 2 is 1.90 bits per heavy atom. The quantitative estimate of drug-likeness (QED) is 0.450. The Bertz CT molecular complexity index is 1260. The second-order valence-corrected chi connectivity index (χ2v) is 9.14. The molecule has 0 aliphatic heterocycles.